The number of aliphatic imine (C=N–C) groups is 1. The lowest BCUT2D eigenvalue weighted by Gasteiger charge is -2.24. The van der Waals surface area contributed by atoms with Crippen LogP contribution < -0.4 is 10.6 Å². The van der Waals surface area contributed by atoms with Crippen molar-refractivity contribution in [1.82, 2.24) is 25.0 Å². The largest absolute Gasteiger partial charge is 0.373 e. The number of dihydropyridines is 1. The smallest absolute Gasteiger partial charge is 0.263 e. The van der Waals surface area contributed by atoms with Gasteiger partial charge in [-0.15, -0.1) is 5.10 Å². The van der Waals surface area contributed by atoms with Crippen molar-refractivity contribution in [1.29, 1.82) is 5.26 Å². The number of hydrogen-bond donors (Lipinski definition) is 2. The fraction of sp³-hybridized carbons (Fsp3) is 0.391. The number of rotatable bonds is 7. The Balaban J connectivity index is 1.59. The van der Waals surface area contributed by atoms with Crippen LogP contribution >= 0.6 is 0 Å². The Labute approximate surface area is 194 Å². The first-order valence-electron chi connectivity index (χ1n) is 11.0. The number of nitriles is 1. The quantitative estimate of drug-likeness (QED) is 0.547. The number of alkyl halides is 2. The molecule has 0 radical (unpaired) electrons. The Morgan fingerprint density at radius 3 is 2.74 bits per heavy atom. The third-order valence-electron chi connectivity index (χ3n) is 6.41. The topological polar surface area (TPSA) is 117 Å². The second-order valence-corrected chi connectivity index (χ2v) is 8.49. The van der Waals surface area contributed by atoms with E-state index in [1.54, 1.807) is 19.3 Å². The number of nitrogens with zero attached hydrogens (tertiary/aromatic N) is 7. The van der Waals surface area contributed by atoms with E-state index in [-0.39, 0.29) is 0 Å². The molecule has 1 atom stereocenters. The molecule has 5 rings (SSSR count). The van der Waals surface area contributed by atoms with Crippen LogP contribution in [0.25, 0.3) is 10.9 Å². The van der Waals surface area contributed by atoms with Crippen LogP contribution in [0.4, 0.5) is 20.3 Å². The number of benzene rings is 1. The van der Waals surface area contributed by atoms with Crippen molar-refractivity contribution < 1.29 is 8.78 Å². The van der Waals surface area contributed by atoms with E-state index in [0.29, 0.717) is 53.1 Å². The van der Waals surface area contributed by atoms with Gasteiger partial charge in [0, 0.05) is 30.4 Å². The van der Waals surface area contributed by atoms with Gasteiger partial charge in [-0.25, -0.2) is 23.4 Å². The molecule has 0 saturated heterocycles. The van der Waals surface area contributed by atoms with Crippen molar-refractivity contribution in [2.24, 2.45) is 4.99 Å². The molecule has 1 aliphatic heterocycles. The molecule has 1 saturated carbocycles. The van der Waals surface area contributed by atoms with Gasteiger partial charge in [0.15, 0.2) is 0 Å². The zero-order valence-corrected chi connectivity index (χ0v) is 18.8. The van der Waals surface area contributed by atoms with E-state index in [4.69, 9.17) is 0 Å². The van der Waals surface area contributed by atoms with Gasteiger partial charge in [-0.2, -0.15) is 5.26 Å². The van der Waals surface area contributed by atoms with Crippen LogP contribution in [0.1, 0.15) is 43.5 Å². The Bertz CT molecular complexity index is 1350. The minimum Gasteiger partial charge on any atom is -0.373 e. The van der Waals surface area contributed by atoms with Crippen LogP contribution in [0.3, 0.4) is 0 Å². The first kappa shape index (κ1) is 21.9. The highest BCUT2D eigenvalue weighted by Crippen LogP contribution is 2.48. The van der Waals surface area contributed by atoms with E-state index in [0.717, 1.165) is 17.7 Å². The third kappa shape index (κ3) is 3.65. The lowest BCUT2D eigenvalue weighted by molar-refractivity contribution is 0.0593. The average molecular weight is 463 g/mol. The minimum absolute atomic E-state index is 0.373. The molecule has 1 fully saturated rings. The van der Waals surface area contributed by atoms with Crippen molar-refractivity contribution in [2.45, 2.75) is 44.2 Å². The van der Waals surface area contributed by atoms with Crippen molar-refractivity contribution >= 4 is 28.1 Å². The second-order valence-electron chi connectivity index (χ2n) is 8.49. The van der Waals surface area contributed by atoms with Gasteiger partial charge < -0.3 is 10.6 Å². The Morgan fingerprint density at radius 1 is 1.24 bits per heavy atom. The van der Waals surface area contributed by atoms with Gasteiger partial charge >= 0.3 is 0 Å². The van der Waals surface area contributed by atoms with Gasteiger partial charge in [-0.1, -0.05) is 11.3 Å². The molecule has 2 N–H and O–H groups in total. The predicted octanol–water partition coefficient (Wildman–Crippen LogP) is 3.83. The minimum atomic E-state index is -2.51. The SMILES string of the molecule is CNc1ncnc2c(C#N)cc(N[C@H](C3=CCCN=C3C)c3cn(C4(C(F)F)CC4)nn3)cc12. The van der Waals surface area contributed by atoms with Gasteiger partial charge in [0.1, 0.15) is 29.4 Å². The maximum atomic E-state index is 13.7. The van der Waals surface area contributed by atoms with E-state index in [1.807, 2.05) is 13.0 Å². The molecule has 0 spiro atoms. The fourth-order valence-corrected chi connectivity index (χ4v) is 4.33. The molecule has 1 aromatic carbocycles. The number of anilines is 2. The van der Waals surface area contributed by atoms with Crippen molar-refractivity contribution in [3.8, 4) is 6.07 Å². The van der Waals surface area contributed by atoms with Gasteiger partial charge in [0.25, 0.3) is 6.43 Å². The van der Waals surface area contributed by atoms with E-state index in [2.05, 4.69) is 48.1 Å². The van der Waals surface area contributed by atoms with Crippen molar-refractivity contribution in [2.75, 3.05) is 24.2 Å². The first-order chi connectivity index (χ1) is 16.5. The van der Waals surface area contributed by atoms with Crippen LogP contribution in [0.5, 0.6) is 0 Å². The van der Waals surface area contributed by atoms with Crippen LogP contribution in [0.15, 0.2) is 41.3 Å². The number of nitrogens with one attached hydrogen (secondary N) is 2. The maximum absolute atomic E-state index is 13.7. The molecule has 34 heavy (non-hydrogen) atoms. The van der Waals surface area contributed by atoms with Crippen LogP contribution in [-0.4, -0.2) is 50.7 Å². The average Bonchev–Trinajstić information content (AvgIpc) is 3.52. The molecule has 3 aromatic rings. The summed E-state index contributed by atoms with van der Waals surface area (Å²) in [6, 6.07) is 5.28. The molecule has 0 amide bonds. The molecule has 2 aliphatic rings. The van der Waals surface area contributed by atoms with E-state index in [9.17, 15) is 14.0 Å². The first-order valence-corrected chi connectivity index (χ1v) is 11.0. The zero-order valence-electron chi connectivity index (χ0n) is 18.8. The standard InChI is InChI=1S/C23H23F2N9/c1-13-16(4-3-7-28-13)20(18-11-34(33-32-18)23(5-6-23)22(24)25)31-15-8-14(10-26)19-17(9-15)21(27-2)30-12-29-19/h4,8-9,11-12,20,22,31H,3,5-7H2,1-2H3,(H,27,29,30)/t20-/m1/s1. The second kappa shape index (κ2) is 8.44. The number of hydrogen-bond acceptors (Lipinski definition) is 8. The highest BCUT2D eigenvalue weighted by Gasteiger charge is 2.54. The molecule has 11 heteroatoms. The fourth-order valence-electron chi connectivity index (χ4n) is 4.33. The molecule has 174 valence electrons. The van der Waals surface area contributed by atoms with E-state index < -0.39 is 18.0 Å². The molecular formula is C23H23F2N9. The predicted molar refractivity (Wildman–Crippen MR) is 124 cm³/mol. The molecule has 0 bridgehead atoms. The van der Waals surface area contributed by atoms with E-state index in [1.165, 1.54) is 11.0 Å². The van der Waals surface area contributed by atoms with Crippen LogP contribution in [0.2, 0.25) is 0 Å². The Morgan fingerprint density at radius 2 is 2.06 bits per heavy atom. The van der Waals surface area contributed by atoms with Gasteiger partial charge in [0.05, 0.1) is 23.3 Å². The summed E-state index contributed by atoms with van der Waals surface area (Å²) >= 11 is 0. The van der Waals surface area contributed by atoms with Gasteiger partial charge in [0.2, 0.25) is 0 Å². The summed E-state index contributed by atoms with van der Waals surface area (Å²) in [7, 11) is 1.75. The molecule has 2 aromatic heterocycles. The summed E-state index contributed by atoms with van der Waals surface area (Å²) in [5.74, 6) is 0.592. The summed E-state index contributed by atoms with van der Waals surface area (Å²) in [6.07, 6.45) is 4.08. The van der Waals surface area contributed by atoms with Gasteiger partial charge in [-0.3, -0.25) is 4.99 Å². The number of fused-ring (bicyclic) bond motifs is 1. The lowest BCUT2D eigenvalue weighted by Crippen LogP contribution is -2.26. The highest BCUT2D eigenvalue weighted by atomic mass is 19.3. The summed E-state index contributed by atoms with van der Waals surface area (Å²) in [6.45, 7) is 2.61. The summed E-state index contributed by atoms with van der Waals surface area (Å²) < 4.78 is 28.6. The highest BCUT2D eigenvalue weighted by molar-refractivity contribution is 6.01. The summed E-state index contributed by atoms with van der Waals surface area (Å²) in [5, 5.41) is 25.2. The van der Waals surface area contributed by atoms with Crippen molar-refractivity contribution in [3.05, 3.63) is 47.6 Å². The normalized spacial score (nSPS) is 17.6. The summed E-state index contributed by atoms with van der Waals surface area (Å²) in [4.78, 5) is 13.1. The lowest BCUT2D eigenvalue weighted by atomic mass is 9.96. The van der Waals surface area contributed by atoms with Crippen LogP contribution in [-0.2, 0) is 5.54 Å². The number of halogens is 2. The monoisotopic (exact) mass is 463 g/mol. The maximum Gasteiger partial charge on any atom is 0.263 e. The third-order valence-corrected chi connectivity index (χ3v) is 6.41. The molecular weight excluding hydrogens is 440 g/mol. The van der Waals surface area contributed by atoms with E-state index >= 15 is 0 Å². The Kier molecular flexibility index (Phi) is 5.43. The molecule has 1 aliphatic carbocycles. The zero-order chi connectivity index (χ0) is 23.9. The Hall–Kier alpha value is -3.94. The van der Waals surface area contributed by atoms with Gasteiger partial charge in [-0.05, 0) is 43.9 Å². The summed E-state index contributed by atoms with van der Waals surface area (Å²) in [5.41, 5.74) is 2.55. The molecule has 3 heterocycles. The molecule has 9 nitrogen and oxygen atoms in total. The molecule has 0 unspecified atom stereocenters. The van der Waals surface area contributed by atoms with Crippen LogP contribution in [0, 0.1) is 11.3 Å². The number of aromatic nitrogens is 5. The van der Waals surface area contributed by atoms with Crippen molar-refractivity contribution in [3.63, 3.8) is 0 Å².